The molecule has 1 aromatic heterocycles. The first-order chi connectivity index (χ1) is 11.9. The van der Waals surface area contributed by atoms with Gasteiger partial charge < -0.3 is 5.32 Å². The predicted octanol–water partition coefficient (Wildman–Crippen LogP) is 2.87. The molecule has 2 aromatic carbocycles. The van der Waals surface area contributed by atoms with Crippen LogP contribution < -0.4 is 10.9 Å². The van der Waals surface area contributed by atoms with Crippen LogP contribution in [0.25, 0.3) is 10.8 Å². The molecule has 0 aliphatic heterocycles. The van der Waals surface area contributed by atoms with Gasteiger partial charge in [0, 0.05) is 10.9 Å². The number of benzene rings is 2. The fraction of sp³-hybridized carbons (Fsp3) is 0.118. The molecule has 8 heteroatoms. The molecule has 3 aromatic rings. The van der Waals surface area contributed by atoms with Crippen molar-refractivity contribution in [1.82, 2.24) is 15.5 Å². The van der Waals surface area contributed by atoms with Crippen molar-refractivity contribution in [2.45, 2.75) is 12.7 Å². The Kier molecular flexibility index (Phi) is 4.26. The molecule has 0 aliphatic carbocycles. The van der Waals surface area contributed by atoms with E-state index >= 15 is 0 Å². The molecule has 25 heavy (non-hydrogen) atoms. The monoisotopic (exact) mass is 347 g/mol. The summed E-state index contributed by atoms with van der Waals surface area (Å²) in [6.07, 6.45) is -4.52. The van der Waals surface area contributed by atoms with Crippen LogP contribution >= 0.6 is 0 Å². The molecule has 1 heterocycles. The molecule has 0 saturated heterocycles. The van der Waals surface area contributed by atoms with E-state index in [-0.39, 0.29) is 17.7 Å². The Balaban J connectivity index is 1.82. The van der Waals surface area contributed by atoms with Crippen LogP contribution in [0.15, 0.2) is 53.3 Å². The van der Waals surface area contributed by atoms with Crippen LogP contribution in [0.3, 0.4) is 0 Å². The van der Waals surface area contributed by atoms with Crippen LogP contribution in [0.2, 0.25) is 0 Å². The van der Waals surface area contributed by atoms with Gasteiger partial charge in [0.25, 0.3) is 11.5 Å². The normalized spacial score (nSPS) is 11.5. The molecule has 0 spiro atoms. The van der Waals surface area contributed by atoms with E-state index in [1.165, 1.54) is 12.1 Å². The van der Waals surface area contributed by atoms with Crippen LogP contribution in [0.1, 0.15) is 21.6 Å². The molecular formula is C17H12F3N3O2. The number of aromatic nitrogens is 2. The Labute approximate surface area is 139 Å². The summed E-state index contributed by atoms with van der Waals surface area (Å²) in [6, 6.07) is 10.9. The van der Waals surface area contributed by atoms with Gasteiger partial charge in [-0.15, -0.1) is 0 Å². The second-order valence-corrected chi connectivity index (χ2v) is 5.31. The topological polar surface area (TPSA) is 74.8 Å². The number of H-pyrrole nitrogens is 1. The van der Waals surface area contributed by atoms with E-state index in [2.05, 4.69) is 15.5 Å². The molecule has 2 N–H and O–H groups in total. The Hall–Kier alpha value is -3.16. The summed E-state index contributed by atoms with van der Waals surface area (Å²) < 4.78 is 38.2. The first kappa shape index (κ1) is 16.7. The number of fused-ring (bicyclic) bond motifs is 1. The summed E-state index contributed by atoms with van der Waals surface area (Å²) in [6.45, 7) is -0.0353. The largest absolute Gasteiger partial charge is 0.416 e. The summed E-state index contributed by atoms with van der Waals surface area (Å²) in [4.78, 5) is 23.8. The highest BCUT2D eigenvalue weighted by atomic mass is 19.4. The Morgan fingerprint density at radius 1 is 1.08 bits per heavy atom. The lowest BCUT2D eigenvalue weighted by Crippen LogP contribution is -2.25. The lowest BCUT2D eigenvalue weighted by Gasteiger charge is -2.10. The van der Waals surface area contributed by atoms with Crippen LogP contribution in [0.4, 0.5) is 13.2 Å². The molecule has 0 fully saturated rings. The van der Waals surface area contributed by atoms with Gasteiger partial charge in [-0.3, -0.25) is 9.59 Å². The third kappa shape index (κ3) is 3.52. The number of alkyl halides is 3. The molecule has 128 valence electrons. The highest BCUT2D eigenvalue weighted by molar-refractivity contribution is 5.94. The molecule has 1 amide bonds. The molecule has 0 radical (unpaired) electrons. The van der Waals surface area contributed by atoms with Crippen molar-refractivity contribution in [2.75, 3.05) is 0 Å². The van der Waals surface area contributed by atoms with Gasteiger partial charge in [0.1, 0.15) is 0 Å². The maximum atomic E-state index is 12.7. The number of halogens is 3. The predicted molar refractivity (Wildman–Crippen MR) is 85.0 cm³/mol. The fourth-order valence-corrected chi connectivity index (χ4v) is 2.41. The summed E-state index contributed by atoms with van der Waals surface area (Å²) in [5, 5.41) is 9.72. The highest BCUT2D eigenvalue weighted by Crippen LogP contribution is 2.29. The van der Waals surface area contributed by atoms with Crippen molar-refractivity contribution in [3.05, 3.63) is 75.7 Å². The van der Waals surface area contributed by atoms with E-state index in [0.717, 1.165) is 12.1 Å². The Bertz CT molecular complexity index is 996. The molecule has 0 saturated carbocycles. The number of rotatable bonds is 3. The van der Waals surface area contributed by atoms with E-state index in [9.17, 15) is 22.8 Å². The van der Waals surface area contributed by atoms with Gasteiger partial charge in [0.2, 0.25) is 0 Å². The summed E-state index contributed by atoms with van der Waals surface area (Å²) in [7, 11) is 0. The average Bonchev–Trinajstić information content (AvgIpc) is 2.60. The number of carbonyl (C=O) groups excluding carboxylic acids is 1. The average molecular weight is 347 g/mol. The van der Waals surface area contributed by atoms with Crippen LogP contribution in [0, 0.1) is 0 Å². The minimum Gasteiger partial charge on any atom is -0.346 e. The van der Waals surface area contributed by atoms with Gasteiger partial charge in [-0.05, 0) is 24.3 Å². The molecule has 0 bridgehead atoms. The molecule has 5 nitrogen and oxygen atoms in total. The molecule has 0 aliphatic rings. The number of hydrogen-bond donors (Lipinski definition) is 2. The quantitative estimate of drug-likeness (QED) is 0.765. The third-order valence-electron chi connectivity index (χ3n) is 3.64. The number of hydrogen-bond acceptors (Lipinski definition) is 3. The van der Waals surface area contributed by atoms with Crippen LogP contribution in [-0.2, 0) is 12.7 Å². The molecule has 0 atom stereocenters. The van der Waals surface area contributed by atoms with Crippen molar-refractivity contribution in [3.8, 4) is 0 Å². The van der Waals surface area contributed by atoms with Gasteiger partial charge >= 0.3 is 6.18 Å². The summed E-state index contributed by atoms with van der Waals surface area (Å²) in [5.41, 5.74) is -0.949. The summed E-state index contributed by atoms with van der Waals surface area (Å²) in [5.74, 6) is -0.664. The van der Waals surface area contributed by atoms with Crippen molar-refractivity contribution in [2.24, 2.45) is 0 Å². The van der Waals surface area contributed by atoms with E-state index in [1.54, 1.807) is 24.3 Å². The van der Waals surface area contributed by atoms with Gasteiger partial charge in [-0.1, -0.05) is 24.3 Å². The standard InChI is InChI=1S/C17H12F3N3O2/c18-17(19,20)11-5-3-4-10(8-11)15(24)21-9-14-12-6-1-2-7-13(12)16(25)23-22-14/h1-8H,9H2,(H,21,24)(H,23,25). The van der Waals surface area contributed by atoms with Crippen molar-refractivity contribution in [3.63, 3.8) is 0 Å². The van der Waals surface area contributed by atoms with Crippen molar-refractivity contribution >= 4 is 16.7 Å². The maximum absolute atomic E-state index is 12.7. The SMILES string of the molecule is O=C(NCc1n[nH]c(=O)c2ccccc12)c1cccc(C(F)(F)F)c1. The zero-order chi connectivity index (χ0) is 18.0. The molecular weight excluding hydrogens is 335 g/mol. The van der Waals surface area contributed by atoms with Gasteiger partial charge in [0.05, 0.1) is 23.2 Å². The van der Waals surface area contributed by atoms with Crippen molar-refractivity contribution in [1.29, 1.82) is 0 Å². The highest BCUT2D eigenvalue weighted by Gasteiger charge is 2.30. The second-order valence-electron chi connectivity index (χ2n) is 5.31. The number of nitrogens with zero attached hydrogens (tertiary/aromatic N) is 1. The Morgan fingerprint density at radius 2 is 1.80 bits per heavy atom. The van der Waals surface area contributed by atoms with Crippen LogP contribution in [-0.4, -0.2) is 16.1 Å². The first-order valence-corrected chi connectivity index (χ1v) is 7.28. The summed E-state index contributed by atoms with van der Waals surface area (Å²) >= 11 is 0. The third-order valence-corrected chi connectivity index (χ3v) is 3.64. The van der Waals surface area contributed by atoms with E-state index in [4.69, 9.17) is 0 Å². The minimum atomic E-state index is -4.52. The number of nitrogens with one attached hydrogen (secondary N) is 2. The van der Waals surface area contributed by atoms with Gasteiger partial charge in [-0.25, -0.2) is 5.10 Å². The van der Waals surface area contributed by atoms with E-state index in [1.807, 2.05) is 0 Å². The fourth-order valence-electron chi connectivity index (χ4n) is 2.41. The maximum Gasteiger partial charge on any atom is 0.416 e. The first-order valence-electron chi connectivity index (χ1n) is 7.28. The van der Waals surface area contributed by atoms with E-state index in [0.29, 0.717) is 16.5 Å². The van der Waals surface area contributed by atoms with Crippen molar-refractivity contribution < 1.29 is 18.0 Å². The minimum absolute atomic E-state index is 0.0353. The number of aromatic amines is 1. The second kappa shape index (κ2) is 6.39. The van der Waals surface area contributed by atoms with Gasteiger partial charge in [0.15, 0.2) is 0 Å². The smallest absolute Gasteiger partial charge is 0.346 e. The van der Waals surface area contributed by atoms with Gasteiger partial charge in [-0.2, -0.15) is 18.3 Å². The van der Waals surface area contributed by atoms with Crippen LogP contribution in [0.5, 0.6) is 0 Å². The molecule has 0 unspecified atom stereocenters. The lowest BCUT2D eigenvalue weighted by atomic mass is 10.1. The zero-order valence-corrected chi connectivity index (χ0v) is 12.7. The number of carbonyl (C=O) groups is 1. The number of amides is 1. The Morgan fingerprint density at radius 3 is 2.52 bits per heavy atom. The van der Waals surface area contributed by atoms with E-state index < -0.39 is 17.6 Å². The lowest BCUT2D eigenvalue weighted by molar-refractivity contribution is -0.137. The zero-order valence-electron chi connectivity index (χ0n) is 12.7. The molecule has 3 rings (SSSR count).